The van der Waals surface area contributed by atoms with E-state index in [1.54, 1.807) is 0 Å². The Labute approximate surface area is 190 Å². The molecule has 0 radical (unpaired) electrons. The fraction of sp³-hybridized carbons (Fsp3) is 0.483. The maximum absolute atomic E-state index is 2.47. The van der Waals surface area contributed by atoms with E-state index >= 15 is 0 Å². The van der Waals surface area contributed by atoms with Gasteiger partial charge in [-0.1, -0.05) is 107 Å². The van der Waals surface area contributed by atoms with Crippen molar-refractivity contribution in [1.82, 2.24) is 4.57 Å². The minimum atomic E-state index is 0.0222. The Morgan fingerprint density at radius 2 is 1.48 bits per heavy atom. The summed E-state index contributed by atoms with van der Waals surface area (Å²) < 4.78 is 4.85. The van der Waals surface area contributed by atoms with Crippen LogP contribution in [-0.4, -0.2) is 4.57 Å². The first-order chi connectivity index (χ1) is 15.2. The highest BCUT2D eigenvalue weighted by atomic mass is 15.1. The van der Waals surface area contributed by atoms with Gasteiger partial charge in [-0.05, 0) is 36.8 Å². The number of rotatable bonds is 13. The smallest absolute Gasteiger partial charge is 0.237 e. The van der Waals surface area contributed by atoms with Crippen LogP contribution in [0.3, 0.4) is 0 Å². The van der Waals surface area contributed by atoms with Crippen LogP contribution < -0.4 is 4.57 Å². The van der Waals surface area contributed by atoms with Gasteiger partial charge in [0.05, 0.1) is 6.54 Å². The number of benzene rings is 2. The zero-order chi connectivity index (χ0) is 21.9. The van der Waals surface area contributed by atoms with Gasteiger partial charge in [0.25, 0.3) is 0 Å². The van der Waals surface area contributed by atoms with E-state index in [0.29, 0.717) is 6.04 Å². The third-order valence-electron chi connectivity index (χ3n) is 6.81. The van der Waals surface area contributed by atoms with Crippen molar-refractivity contribution in [1.29, 1.82) is 0 Å². The number of nitrogens with zero attached hydrogens (tertiary/aromatic N) is 2. The lowest BCUT2D eigenvalue weighted by atomic mass is 9.70. The van der Waals surface area contributed by atoms with Crippen molar-refractivity contribution in [2.45, 2.75) is 90.1 Å². The van der Waals surface area contributed by atoms with Crippen LogP contribution >= 0.6 is 0 Å². The highest BCUT2D eigenvalue weighted by molar-refractivity contribution is 5.30. The van der Waals surface area contributed by atoms with Crippen LogP contribution in [0, 0.1) is 0 Å². The van der Waals surface area contributed by atoms with E-state index in [9.17, 15) is 0 Å². The molecule has 2 heteroatoms. The molecule has 2 unspecified atom stereocenters. The molecule has 0 bridgehead atoms. The van der Waals surface area contributed by atoms with Crippen LogP contribution in [0.5, 0.6) is 0 Å². The lowest BCUT2D eigenvalue weighted by molar-refractivity contribution is -0.697. The summed E-state index contributed by atoms with van der Waals surface area (Å²) in [4.78, 5) is 0. The number of unbranched alkanes of at least 4 members (excludes halogenated alkanes) is 5. The first-order valence-electron chi connectivity index (χ1n) is 12.3. The topological polar surface area (TPSA) is 8.81 Å². The average Bonchev–Trinajstić information content (AvgIpc) is 3.26. The zero-order valence-corrected chi connectivity index (χ0v) is 19.8. The number of aromatic nitrogens is 2. The maximum atomic E-state index is 2.47. The van der Waals surface area contributed by atoms with Crippen LogP contribution in [0.1, 0.15) is 82.9 Å². The normalized spacial score (nSPS) is 14.3. The van der Waals surface area contributed by atoms with E-state index in [1.807, 2.05) is 0 Å². The number of hydrogen-bond donors (Lipinski definition) is 0. The number of hydrogen-bond acceptors (Lipinski definition) is 0. The van der Waals surface area contributed by atoms with E-state index in [4.69, 9.17) is 0 Å². The molecule has 2 nitrogen and oxygen atoms in total. The fourth-order valence-corrected chi connectivity index (χ4v) is 5.04. The quantitative estimate of drug-likeness (QED) is 0.204. The second kappa shape index (κ2) is 11.9. The van der Waals surface area contributed by atoms with E-state index in [1.165, 1.54) is 49.7 Å². The molecule has 2 atom stereocenters. The van der Waals surface area contributed by atoms with E-state index in [0.717, 1.165) is 19.4 Å². The van der Waals surface area contributed by atoms with Crippen LogP contribution in [0.2, 0.25) is 0 Å². The van der Waals surface area contributed by atoms with Crippen molar-refractivity contribution in [2.75, 3.05) is 0 Å². The molecule has 2 aromatic carbocycles. The zero-order valence-electron chi connectivity index (χ0n) is 19.8. The van der Waals surface area contributed by atoms with Crippen molar-refractivity contribution in [2.24, 2.45) is 0 Å². The Hall–Kier alpha value is -2.35. The molecule has 0 aliphatic carbocycles. The van der Waals surface area contributed by atoms with E-state index in [-0.39, 0.29) is 5.41 Å². The van der Waals surface area contributed by atoms with Gasteiger partial charge >= 0.3 is 0 Å². The Balaban J connectivity index is 1.77. The van der Waals surface area contributed by atoms with Gasteiger partial charge < -0.3 is 0 Å². The largest absolute Gasteiger partial charge is 0.244 e. The minimum absolute atomic E-state index is 0.0222. The van der Waals surface area contributed by atoms with Crippen LogP contribution in [-0.2, 0) is 18.4 Å². The van der Waals surface area contributed by atoms with Crippen molar-refractivity contribution >= 4 is 0 Å². The second-order valence-corrected chi connectivity index (χ2v) is 9.24. The SMILES string of the molecule is CCCCCCCC[n+]1ccn(C(CC)C(C)(Cc2ccccc2)c2ccccc2)c1. The molecule has 0 aliphatic heterocycles. The van der Waals surface area contributed by atoms with Gasteiger partial charge in [0, 0.05) is 5.41 Å². The third kappa shape index (κ3) is 6.32. The molecule has 0 saturated heterocycles. The van der Waals surface area contributed by atoms with Gasteiger partial charge in [-0.2, -0.15) is 0 Å². The Morgan fingerprint density at radius 1 is 0.839 bits per heavy atom. The Morgan fingerprint density at radius 3 is 2.16 bits per heavy atom. The van der Waals surface area contributed by atoms with E-state index in [2.05, 4.69) is 109 Å². The molecule has 0 saturated carbocycles. The van der Waals surface area contributed by atoms with Gasteiger partial charge in [0.1, 0.15) is 18.4 Å². The number of imidazole rings is 1. The molecule has 3 aromatic rings. The van der Waals surface area contributed by atoms with Crippen molar-refractivity contribution in [3.05, 3.63) is 90.5 Å². The molecule has 1 heterocycles. The standard InChI is InChI=1S/C29H41N2/c1-4-6-7-8-9-16-21-30-22-23-31(25-30)28(5-2)29(3,27-19-14-11-15-20-27)24-26-17-12-10-13-18-26/h10-15,17-20,22-23,25,28H,4-9,16,21,24H2,1-3H3/q+1. The third-order valence-corrected chi connectivity index (χ3v) is 6.81. The van der Waals surface area contributed by atoms with Crippen LogP contribution in [0.25, 0.3) is 0 Å². The van der Waals surface area contributed by atoms with E-state index < -0.39 is 0 Å². The molecule has 0 amide bonds. The van der Waals surface area contributed by atoms with Gasteiger partial charge in [-0.3, -0.25) is 0 Å². The van der Waals surface area contributed by atoms with Gasteiger partial charge in [-0.15, -0.1) is 0 Å². The predicted molar refractivity (Wildman–Crippen MR) is 131 cm³/mol. The molecule has 31 heavy (non-hydrogen) atoms. The van der Waals surface area contributed by atoms with Gasteiger partial charge in [0.2, 0.25) is 6.33 Å². The molecule has 0 spiro atoms. The van der Waals surface area contributed by atoms with Crippen molar-refractivity contribution in [3.63, 3.8) is 0 Å². The molecule has 3 rings (SSSR count). The predicted octanol–water partition coefficient (Wildman–Crippen LogP) is 7.29. The van der Waals surface area contributed by atoms with Crippen molar-refractivity contribution in [3.8, 4) is 0 Å². The summed E-state index contributed by atoms with van der Waals surface area (Å²) >= 11 is 0. The summed E-state index contributed by atoms with van der Waals surface area (Å²) in [5.41, 5.74) is 2.84. The second-order valence-electron chi connectivity index (χ2n) is 9.24. The summed E-state index contributed by atoms with van der Waals surface area (Å²) in [6.45, 7) is 8.18. The van der Waals surface area contributed by atoms with Gasteiger partial charge in [0.15, 0.2) is 0 Å². The Bertz CT molecular complexity index is 868. The molecule has 0 aliphatic rings. The highest BCUT2D eigenvalue weighted by Crippen LogP contribution is 2.40. The summed E-state index contributed by atoms with van der Waals surface area (Å²) in [6.07, 6.45) is 17.1. The lowest BCUT2D eigenvalue weighted by Gasteiger charge is -2.36. The summed E-state index contributed by atoms with van der Waals surface area (Å²) in [5, 5.41) is 0. The summed E-state index contributed by atoms with van der Waals surface area (Å²) in [6, 6.07) is 22.5. The summed E-state index contributed by atoms with van der Waals surface area (Å²) in [7, 11) is 0. The Kier molecular flexibility index (Phi) is 8.94. The molecule has 0 N–H and O–H groups in total. The first kappa shape index (κ1) is 23.3. The maximum Gasteiger partial charge on any atom is 0.244 e. The van der Waals surface area contributed by atoms with Gasteiger partial charge in [-0.25, -0.2) is 9.13 Å². The molecule has 166 valence electrons. The summed E-state index contributed by atoms with van der Waals surface area (Å²) in [5.74, 6) is 0. The average molecular weight is 418 g/mol. The van der Waals surface area contributed by atoms with Crippen molar-refractivity contribution < 1.29 is 4.57 Å². The lowest BCUT2D eigenvalue weighted by Crippen LogP contribution is -2.37. The van der Waals surface area contributed by atoms with Crippen LogP contribution in [0.15, 0.2) is 79.4 Å². The fourth-order valence-electron chi connectivity index (χ4n) is 5.04. The molecule has 0 fully saturated rings. The molecular weight excluding hydrogens is 376 g/mol. The van der Waals surface area contributed by atoms with Crippen LogP contribution in [0.4, 0.5) is 0 Å². The first-order valence-corrected chi connectivity index (χ1v) is 12.3. The monoisotopic (exact) mass is 417 g/mol. The highest BCUT2D eigenvalue weighted by Gasteiger charge is 2.39. The molecule has 1 aromatic heterocycles. The minimum Gasteiger partial charge on any atom is -0.237 e. The molecular formula is C29H41N2+. The number of aryl methyl sites for hydroxylation is 1.